The normalized spacial score (nSPS) is 17.7. The third kappa shape index (κ3) is 9.10. The van der Waals surface area contributed by atoms with Gasteiger partial charge in [0.2, 0.25) is 5.16 Å². The molecule has 0 saturated carbocycles. The number of ether oxygens (including phenoxy) is 1. The Morgan fingerprint density at radius 2 is 2.04 bits per heavy atom. The number of aryl methyl sites for hydroxylation is 1. The van der Waals surface area contributed by atoms with Gasteiger partial charge in [0.05, 0.1) is 11.7 Å². The number of fused-ring (bicyclic) bond motifs is 1. The van der Waals surface area contributed by atoms with E-state index in [-0.39, 0.29) is 74.2 Å². The Morgan fingerprint density at radius 1 is 1.33 bits per heavy atom. The number of hydrogen-bond acceptors (Lipinski definition) is 17. The minimum atomic E-state index is -1.53. The van der Waals surface area contributed by atoms with Crippen molar-refractivity contribution in [2.24, 2.45) is 17.9 Å². The predicted molar refractivity (Wildman–Crippen MR) is 150 cm³/mol. The van der Waals surface area contributed by atoms with Crippen LogP contribution in [-0.2, 0) is 35.8 Å². The molecule has 0 radical (unpaired) electrons. The van der Waals surface area contributed by atoms with E-state index < -0.39 is 53.9 Å². The van der Waals surface area contributed by atoms with Crippen molar-refractivity contribution in [1.29, 1.82) is 0 Å². The molecule has 9 N–H and O–H groups in total. The fourth-order valence-electron chi connectivity index (χ4n) is 3.58. The van der Waals surface area contributed by atoms with Crippen LogP contribution in [0.5, 0.6) is 0 Å². The molecule has 25 heteroatoms. The summed E-state index contributed by atoms with van der Waals surface area (Å²) >= 11 is 3.35. The molecular weight excluding hydrogens is 675 g/mol. The van der Waals surface area contributed by atoms with Gasteiger partial charge in [-0.2, -0.15) is 0 Å². The summed E-state index contributed by atoms with van der Waals surface area (Å²) in [6, 6.07) is -2.50. The van der Waals surface area contributed by atoms with Gasteiger partial charge in [-0.15, -0.1) is 28.2 Å². The van der Waals surface area contributed by atoms with E-state index in [9.17, 15) is 29.1 Å². The smallest absolute Gasteiger partial charge is 0.543 e. The molecule has 4 heterocycles. The van der Waals surface area contributed by atoms with Gasteiger partial charge in [0.1, 0.15) is 36.9 Å². The number of thiazole rings is 1. The third-order valence-electron chi connectivity index (χ3n) is 5.55. The van der Waals surface area contributed by atoms with E-state index in [1.165, 1.54) is 40.7 Å². The largest absolute Gasteiger partial charge is 1.00 e. The SMILES string of the molecule is CO/N=C(/C(=O)N[C@@H]1C(=O)N2C(C(=O)[O-])=C(CSc3nnnn3C)CS[C@H]12)c1csc(NC(=O)OC[C@@H](N)C(=O)O)n1.O.O.[Na+]. The summed E-state index contributed by atoms with van der Waals surface area (Å²) in [6.07, 6.45) is -1.03. The predicted octanol–water partition coefficient (Wildman–Crippen LogP) is -7.47. The van der Waals surface area contributed by atoms with Gasteiger partial charge in [0, 0.05) is 23.9 Å². The third-order valence-corrected chi connectivity index (χ3v) is 8.74. The fraction of sp³-hybridized carbons (Fsp3) is 0.400. The number of aromatic nitrogens is 5. The summed E-state index contributed by atoms with van der Waals surface area (Å²) in [5.74, 6) is -3.95. The first kappa shape index (κ1) is 39.7. The van der Waals surface area contributed by atoms with Gasteiger partial charge in [-0.25, -0.2) is 14.5 Å². The summed E-state index contributed by atoms with van der Waals surface area (Å²) in [4.78, 5) is 70.6. The van der Waals surface area contributed by atoms with Crippen molar-refractivity contribution in [1.82, 2.24) is 35.4 Å². The van der Waals surface area contributed by atoms with E-state index in [2.05, 4.69) is 36.3 Å². The van der Waals surface area contributed by atoms with Crippen LogP contribution in [0, 0.1) is 0 Å². The van der Waals surface area contributed by atoms with Crippen molar-refractivity contribution >= 4 is 75.6 Å². The quantitative estimate of drug-likeness (QED) is 0.0525. The molecule has 0 bridgehead atoms. The molecule has 240 valence electrons. The van der Waals surface area contributed by atoms with Crippen LogP contribution in [0.1, 0.15) is 5.69 Å². The van der Waals surface area contributed by atoms with Crippen molar-refractivity contribution in [3.8, 4) is 0 Å². The van der Waals surface area contributed by atoms with E-state index in [0.29, 0.717) is 10.7 Å². The van der Waals surface area contributed by atoms with Crippen LogP contribution in [0.15, 0.2) is 27.0 Å². The Kier molecular flexibility index (Phi) is 15.3. The Bertz CT molecular complexity index is 1490. The number of hydrogen-bond donors (Lipinski definition) is 4. The number of nitrogens with zero attached hydrogens (tertiary/aromatic N) is 7. The molecule has 0 aliphatic carbocycles. The fourth-order valence-corrected chi connectivity index (χ4v) is 6.60. The number of anilines is 1. The molecule has 3 amide bonds. The van der Waals surface area contributed by atoms with Gasteiger partial charge in [0.15, 0.2) is 10.8 Å². The van der Waals surface area contributed by atoms with Gasteiger partial charge >= 0.3 is 41.6 Å². The molecule has 2 aromatic heterocycles. The number of β-lactam (4-membered cyclic amide) rings is 1. The number of tetrazole rings is 1. The maximum atomic E-state index is 13.1. The second-order valence-electron chi connectivity index (χ2n) is 8.30. The Hall–Kier alpha value is -3.36. The second-order valence-corrected chi connectivity index (χ2v) is 11.2. The number of carbonyl (C=O) groups excluding carboxylic acids is 4. The van der Waals surface area contributed by atoms with Gasteiger partial charge < -0.3 is 46.6 Å². The molecule has 21 nitrogen and oxygen atoms in total. The van der Waals surface area contributed by atoms with Crippen molar-refractivity contribution in [2.75, 3.05) is 30.5 Å². The van der Waals surface area contributed by atoms with E-state index in [4.69, 9.17) is 20.4 Å². The number of thioether (sulfide) groups is 2. The average molecular weight is 701 g/mol. The Morgan fingerprint density at radius 3 is 2.64 bits per heavy atom. The molecule has 4 rings (SSSR count). The zero-order chi connectivity index (χ0) is 30.6. The number of nitrogens with two attached hydrogens (primary N) is 1. The standard InChI is InChI=1S/C20H22N10O9S3.Na.2H2O/c1-29-19(25-27-28-29)42-5-7-4-40-15-11(14(32)30(15)12(7)17(35)36)23-13(31)10(26-38-2)9-6-41-18(22-9)24-20(37)39-3-8(21)16(33)34;;;/h6,8,11,15H,3-5,21H2,1-2H3,(H,23,31)(H,33,34)(H,35,36)(H,22,24,37);;2*1H2/q;+1;;/p-1/b26-10+;;;/t8-,11-,15-;;;/m1.../s1. The van der Waals surface area contributed by atoms with Crippen LogP contribution in [0.25, 0.3) is 0 Å². The summed E-state index contributed by atoms with van der Waals surface area (Å²) < 4.78 is 6.14. The van der Waals surface area contributed by atoms with Crippen LogP contribution in [0.4, 0.5) is 9.93 Å². The van der Waals surface area contributed by atoms with Crippen LogP contribution < -0.4 is 51.0 Å². The van der Waals surface area contributed by atoms with Crippen molar-refractivity contribution < 1.29 is 84.3 Å². The van der Waals surface area contributed by atoms with Crippen molar-refractivity contribution in [2.45, 2.75) is 22.6 Å². The zero-order valence-corrected chi connectivity index (χ0v) is 28.0. The maximum Gasteiger partial charge on any atom is 1.00 e. The number of aliphatic carboxylic acids is 2. The first-order valence-electron chi connectivity index (χ1n) is 11.5. The van der Waals surface area contributed by atoms with Crippen LogP contribution in [-0.4, -0.2) is 124 Å². The molecule has 0 aromatic carbocycles. The van der Waals surface area contributed by atoms with Gasteiger partial charge in [-0.1, -0.05) is 16.9 Å². The molecule has 1 fully saturated rings. The van der Waals surface area contributed by atoms with Gasteiger partial charge in [0.25, 0.3) is 11.8 Å². The summed E-state index contributed by atoms with van der Waals surface area (Å²) in [6.45, 7) is -0.585. The van der Waals surface area contributed by atoms with E-state index >= 15 is 0 Å². The molecule has 3 atom stereocenters. The number of nitrogens with one attached hydrogen (secondary N) is 2. The second kappa shape index (κ2) is 17.4. The Balaban J connectivity index is 0.00000337. The van der Waals surface area contributed by atoms with Crippen molar-refractivity contribution in [3.05, 3.63) is 22.3 Å². The molecule has 0 unspecified atom stereocenters. The number of oxime groups is 1. The number of carbonyl (C=O) groups is 5. The van der Waals surface area contributed by atoms with E-state index in [0.717, 1.165) is 16.2 Å². The van der Waals surface area contributed by atoms with Crippen LogP contribution >= 0.6 is 34.9 Å². The topological polar surface area (TPSA) is 332 Å². The monoisotopic (exact) mass is 700 g/mol. The molecule has 0 spiro atoms. The van der Waals surface area contributed by atoms with Gasteiger partial charge in [-0.3, -0.25) is 24.6 Å². The minimum absolute atomic E-state index is 0. The number of carboxylic acid groups (broad SMARTS) is 2. The van der Waals surface area contributed by atoms with Gasteiger partial charge in [-0.05, 0) is 16.0 Å². The summed E-state index contributed by atoms with van der Waals surface area (Å²) in [5.41, 5.74) is 5.09. The first-order chi connectivity index (χ1) is 20.0. The summed E-state index contributed by atoms with van der Waals surface area (Å²) in [7, 11) is 2.82. The molecule has 2 aliphatic heterocycles. The minimum Gasteiger partial charge on any atom is -0.543 e. The molecule has 2 aromatic rings. The Labute approximate surface area is 287 Å². The molecule has 2 aliphatic rings. The van der Waals surface area contributed by atoms with Crippen molar-refractivity contribution in [3.63, 3.8) is 0 Å². The maximum absolute atomic E-state index is 13.1. The van der Waals surface area contributed by atoms with Crippen LogP contribution in [0.3, 0.4) is 0 Å². The molecule has 1 saturated heterocycles. The van der Waals surface area contributed by atoms with Crippen LogP contribution in [0.2, 0.25) is 0 Å². The van der Waals surface area contributed by atoms with E-state index in [1.807, 2.05) is 0 Å². The summed E-state index contributed by atoms with van der Waals surface area (Å²) in [5, 5.41) is 41.4. The average Bonchev–Trinajstić information content (AvgIpc) is 3.59. The number of rotatable bonds is 12. The van der Waals surface area contributed by atoms with E-state index in [1.54, 1.807) is 7.05 Å². The number of carboxylic acids is 2. The molecule has 45 heavy (non-hydrogen) atoms. The zero-order valence-electron chi connectivity index (χ0n) is 23.6. The number of amides is 3. The first-order valence-corrected chi connectivity index (χ1v) is 14.5. The molecular formula is C20H25N10NaO11S3.